The van der Waals surface area contributed by atoms with Gasteiger partial charge in [0.15, 0.2) is 9.84 Å². The predicted octanol–water partition coefficient (Wildman–Crippen LogP) is 2.04. The third-order valence-corrected chi connectivity index (χ3v) is 7.09. The standard InChI is InChI=1S/C18H19ClN2O4S/c1-20-9-4-6-14(17(20)22)18(23)21-10-8-16(26(24,25)12-11-21)13-5-2-3-7-15(13)19/h2-7,9,16H,8,10-12H2,1H3/t16-/m1/s1. The molecular formula is C18H19ClN2O4S. The predicted molar refractivity (Wildman–Crippen MR) is 100 cm³/mol. The fourth-order valence-electron chi connectivity index (χ4n) is 3.16. The maximum atomic E-state index is 12.7. The van der Waals surface area contributed by atoms with Crippen LogP contribution in [-0.2, 0) is 16.9 Å². The normalized spacial score (nSPS) is 19.8. The van der Waals surface area contributed by atoms with Crippen LogP contribution in [0.5, 0.6) is 0 Å². The summed E-state index contributed by atoms with van der Waals surface area (Å²) in [4.78, 5) is 26.4. The summed E-state index contributed by atoms with van der Waals surface area (Å²) in [6, 6.07) is 9.95. The molecule has 1 aliphatic heterocycles. The molecule has 1 amide bonds. The minimum absolute atomic E-state index is 0.0450. The molecule has 0 unspecified atom stereocenters. The molecule has 1 aliphatic rings. The van der Waals surface area contributed by atoms with E-state index in [1.165, 1.54) is 15.5 Å². The van der Waals surface area contributed by atoms with Crippen molar-refractivity contribution in [2.75, 3.05) is 18.8 Å². The summed E-state index contributed by atoms with van der Waals surface area (Å²) in [6.07, 6.45) is 1.81. The number of halogens is 1. The summed E-state index contributed by atoms with van der Waals surface area (Å²) in [5.41, 5.74) is 0.204. The van der Waals surface area contributed by atoms with Crippen LogP contribution in [0, 0.1) is 0 Å². The zero-order valence-electron chi connectivity index (χ0n) is 14.3. The lowest BCUT2D eigenvalue weighted by atomic mass is 10.1. The number of aryl methyl sites for hydroxylation is 1. The van der Waals surface area contributed by atoms with Crippen LogP contribution in [0.3, 0.4) is 0 Å². The van der Waals surface area contributed by atoms with Crippen molar-refractivity contribution in [2.24, 2.45) is 7.05 Å². The van der Waals surface area contributed by atoms with Crippen molar-refractivity contribution < 1.29 is 13.2 Å². The third kappa shape index (κ3) is 3.54. The highest BCUT2D eigenvalue weighted by molar-refractivity contribution is 7.91. The number of sulfone groups is 1. The van der Waals surface area contributed by atoms with Gasteiger partial charge in [-0.1, -0.05) is 29.8 Å². The first-order chi connectivity index (χ1) is 12.3. The number of aromatic nitrogens is 1. The van der Waals surface area contributed by atoms with E-state index in [1.54, 1.807) is 43.6 Å². The molecule has 1 saturated heterocycles. The molecule has 0 bridgehead atoms. The van der Waals surface area contributed by atoms with Crippen molar-refractivity contribution in [3.05, 3.63) is 69.1 Å². The van der Waals surface area contributed by atoms with Crippen LogP contribution in [0.1, 0.15) is 27.6 Å². The molecule has 0 aliphatic carbocycles. The molecule has 1 aromatic heterocycles. The van der Waals surface area contributed by atoms with Gasteiger partial charge in [0.05, 0.1) is 11.0 Å². The first kappa shape index (κ1) is 18.7. The number of pyridine rings is 1. The number of carbonyl (C=O) groups is 1. The van der Waals surface area contributed by atoms with Gasteiger partial charge in [-0.3, -0.25) is 9.59 Å². The number of rotatable bonds is 2. The third-order valence-electron chi connectivity index (χ3n) is 4.63. The molecule has 0 N–H and O–H groups in total. The SMILES string of the molecule is Cn1cccc(C(=O)N2CC[C@H](c3ccccc3Cl)S(=O)(=O)CC2)c1=O. The Morgan fingerprint density at radius 1 is 1.15 bits per heavy atom. The van der Waals surface area contributed by atoms with Gasteiger partial charge in [-0.25, -0.2) is 8.42 Å². The summed E-state index contributed by atoms with van der Waals surface area (Å²) in [6.45, 7) is 0.298. The summed E-state index contributed by atoms with van der Waals surface area (Å²) < 4.78 is 26.8. The molecule has 138 valence electrons. The first-order valence-electron chi connectivity index (χ1n) is 8.22. The number of benzene rings is 1. The van der Waals surface area contributed by atoms with Crippen LogP contribution in [-0.4, -0.2) is 42.6 Å². The lowest BCUT2D eigenvalue weighted by Crippen LogP contribution is -2.37. The van der Waals surface area contributed by atoms with Crippen molar-refractivity contribution in [3.63, 3.8) is 0 Å². The van der Waals surface area contributed by atoms with Crippen molar-refractivity contribution in [2.45, 2.75) is 11.7 Å². The van der Waals surface area contributed by atoms with E-state index in [9.17, 15) is 18.0 Å². The fourth-order valence-corrected chi connectivity index (χ4v) is 5.31. The Balaban J connectivity index is 1.89. The Hall–Kier alpha value is -2.12. The Bertz CT molecular complexity index is 1000. The maximum Gasteiger partial charge on any atom is 0.263 e. The second kappa shape index (κ2) is 7.25. The lowest BCUT2D eigenvalue weighted by Gasteiger charge is -2.20. The van der Waals surface area contributed by atoms with Crippen LogP contribution < -0.4 is 5.56 Å². The average Bonchev–Trinajstić information content (AvgIpc) is 2.76. The Morgan fingerprint density at radius 3 is 2.62 bits per heavy atom. The molecule has 8 heteroatoms. The number of nitrogens with zero attached hydrogens (tertiary/aromatic N) is 2. The maximum absolute atomic E-state index is 12.7. The van der Waals surface area contributed by atoms with Crippen LogP contribution in [0.15, 0.2) is 47.4 Å². The van der Waals surface area contributed by atoms with Crippen molar-refractivity contribution >= 4 is 27.3 Å². The Morgan fingerprint density at radius 2 is 1.88 bits per heavy atom. The molecule has 2 heterocycles. The number of hydrogen-bond acceptors (Lipinski definition) is 4. The summed E-state index contributed by atoms with van der Waals surface area (Å²) in [7, 11) is -1.90. The second-order valence-corrected chi connectivity index (χ2v) is 9.01. The zero-order chi connectivity index (χ0) is 18.9. The smallest absolute Gasteiger partial charge is 0.263 e. The molecule has 2 aromatic rings. The largest absolute Gasteiger partial charge is 0.337 e. The minimum Gasteiger partial charge on any atom is -0.337 e. The molecule has 3 rings (SSSR count). The van der Waals surface area contributed by atoms with E-state index in [2.05, 4.69) is 0 Å². The fraction of sp³-hybridized carbons (Fsp3) is 0.333. The van der Waals surface area contributed by atoms with Gasteiger partial charge in [-0.2, -0.15) is 0 Å². The monoisotopic (exact) mass is 394 g/mol. The molecule has 6 nitrogen and oxygen atoms in total. The van der Waals surface area contributed by atoms with E-state index < -0.39 is 26.6 Å². The number of hydrogen-bond donors (Lipinski definition) is 0. The highest BCUT2D eigenvalue weighted by Gasteiger charge is 2.34. The first-order valence-corrected chi connectivity index (χ1v) is 10.3. The molecule has 26 heavy (non-hydrogen) atoms. The Labute approximate surface area is 156 Å². The van der Waals surface area contributed by atoms with Gasteiger partial charge < -0.3 is 9.47 Å². The highest BCUT2D eigenvalue weighted by Crippen LogP contribution is 2.33. The van der Waals surface area contributed by atoms with E-state index in [0.717, 1.165) is 0 Å². The van der Waals surface area contributed by atoms with Gasteiger partial charge in [0.1, 0.15) is 5.56 Å². The van der Waals surface area contributed by atoms with Crippen molar-refractivity contribution in [1.29, 1.82) is 0 Å². The van der Waals surface area contributed by atoms with Gasteiger partial charge in [-0.05, 0) is 30.2 Å². The summed E-state index contributed by atoms with van der Waals surface area (Å²) >= 11 is 6.18. The molecule has 0 spiro atoms. The van der Waals surface area contributed by atoms with E-state index in [1.807, 2.05) is 0 Å². The van der Waals surface area contributed by atoms with Crippen LogP contribution >= 0.6 is 11.6 Å². The quantitative estimate of drug-likeness (QED) is 0.781. The van der Waals surface area contributed by atoms with Gasteiger partial charge >= 0.3 is 0 Å². The van der Waals surface area contributed by atoms with E-state index in [0.29, 0.717) is 10.6 Å². The van der Waals surface area contributed by atoms with Crippen molar-refractivity contribution in [1.82, 2.24) is 9.47 Å². The van der Waals surface area contributed by atoms with Crippen LogP contribution in [0.25, 0.3) is 0 Å². The van der Waals surface area contributed by atoms with E-state index in [-0.39, 0.29) is 30.8 Å². The van der Waals surface area contributed by atoms with E-state index >= 15 is 0 Å². The zero-order valence-corrected chi connectivity index (χ0v) is 15.8. The second-order valence-electron chi connectivity index (χ2n) is 6.30. The average molecular weight is 395 g/mol. The van der Waals surface area contributed by atoms with Crippen molar-refractivity contribution in [3.8, 4) is 0 Å². The van der Waals surface area contributed by atoms with Gasteiger partial charge in [-0.15, -0.1) is 0 Å². The van der Waals surface area contributed by atoms with Gasteiger partial charge in [0.25, 0.3) is 11.5 Å². The van der Waals surface area contributed by atoms with Crippen LogP contribution in [0.2, 0.25) is 5.02 Å². The van der Waals surface area contributed by atoms with Crippen LogP contribution in [0.4, 0.5) is 0 Å². The molecule has 0 radical (unpaired) electrons. The Kier molecular flexibility index (Phi) is 5.20. The topological polar surface area (TPSA) is 76.5 Å². The summed E-state index contributed by atoms with van der Waals surface area (Å²) in [5, 5.41) is -0.356. The highest BCUT2D eigenvalue weighted by atomic mass is 35.5. The number of amides is 1. The lowest BCUT2D eigenvalue weighted by molar-refractivity contribution is 0.0764. The minimum atomic E-state index is -3.46. The molecule has 1 fully saturated rings. The van der Waals surface area contributed by atoms with E-state index in [4.69, 9.17) is 11.6 Å². The molecule has 1 atom stereocenters. The molecule has 0 saturated carbocycles. The number of carbonyl (C=O) groups excluding carboxylic acids is 1. The van der Waals surface area contributed by atoms with Gasteiger partial charge in [0.2, 0.25) is 0 Å². The summed E-state index contributed by atoms with van der Waals surface area (Å²) in [5.74, 6) is -0.608. The molecular weight excluding hydrogens is 376 g/mol. The van der Waals surface area contributed by atoms with Gasteiger partial charge in [0, 0.05) is 31.4 Å². The molecule has 1 aromatic carbocycles.